The minimum Gasteiger partial charge on any atom is -0.297 e. The summed E-state index contributed by atoms with van der Waals surface area (Å²) < 4.78 is 0. The van der Waals surface area contributed by atoms with Gasteiger partial charge in [0.15, 0.2) is 0 Å². The van der Waals surface area contributed by atoms with Crippen molar-refractivity contribution >= 4 is 0 Å². The quantitative estimate of drug-likeness (QED) is 0.498. The van der Waals surface area contributed by atoms with Crippen LogP contribution >= 0.6 is 0 Å². The molecule has 30 heavy (non-hydrogen) atoms. The normalized spacial score (nSPS) is 15.6. The van der Waals surface area contributed by atoms with Gasteiger partial charge in [-0.15, -0.1) is 0 Å². The number of nitrogens with zero attached hydrogens (tertiary/aromatic N) is 4. The Morgan fingerprint density at radius 1 is 1.00 bits per heavy atom. The molecule has 0 amide bonds. The molecule has 5 nitrogen and oxygen atoms in total. The molecule has 156 valence electrons. The molecular weight excluding hydrogens is 370 g/mol. The molecule has 1 fully saturated rings. The average molecular weight is 402 g/mol. The zero-order valence-corrected chi connectivity index (χ0v) is 18.0. The lowest BCUT2D eigenvalue weighted by Crippen LogP contribution is -2.47. The lowest BCUT2D eigenvalue weighted by atomic mass is 10.0. The second kappa shape index (κ2) is 9.47. The summed E-state index contributed by atoms with van der Waals surface area (Å²) in [6.45, 7) is 7.83. The van der Waals surface area contributed by atoms with Crippen LogP contribution in [-0.4, -0.2) is 39.0 Å². The minimum absolute atomic E-state index is 0.390. The maximum absolute atomic E-state index is 6.45. The average Bonchev–Trinajstić information content (AvgIpc) is 2.77. The van der Waals surface area contributed by atoms with Gasteiger partial charge in [0.05, 0.1) is 17.9 Å². The van der Waals surface area contributed by atoms with Gasteiger partial charge in [0.25, 0.3) is 0 Å². The topological polar surface area (TPSA) is 58.3 Å². The van der Waals surface area contributed by atoms with E-state index in [1.807, 2.05) is 23.5 Å². The van der Waals surface area contributed by atoms with Crippen LogP contribution in [-0.2, 0) is 13.1 Å². The molecule has 3 aromatic rings. The van der Waals surface area contributed by atoms with Gasteiger partial charge in [0, 0.05) is 43.6 Å². The third kappa shape index (κ3) is 4.93. The van der Waals surface area contributed by atoms with Crippen molar-refractivity contribution in [3.8, 4) is 11.1 Å². The van der Waals surface area contributed by atoms with E-state index in [-0.39, 0.29) is 0 Å². The summed E-state index contributed by atoms with van der Waals surface area (Å²) in [6, 6.07) is 17.3. The fourth-order valence-electron chi connectivity index (χ4n) is 4.28. The second-order valence-corrected chi connectivity index (χ2v) is 8.32. The van der Waals surface area contributed by atoms with Crippen molar-refractivity contribution in [2.45, 2.75) is 45.8 Å². The van der Waals surface area contributed by atoms with Crippen LogP contribution in [0.2, 0.25) is 0 Å². The van der Waals surface area contributed by atoms with Crippen LogP contribution in [0.1, 0.15) is 35.4 Å². The fourth-order valence-corrected chi connectivity index (χ4v) is 4.28. The molecule has 0 atom stereocenters. The molecule has 1 aromatic carbocycles. The Morgan fingerprint density at radius 3 is 2.50 bits per heavy atom. The summed E-state index contributed by atoms with van der Waals surface area (Å²) >= 11 is 0. The second-order valence-electron chi connectivity index (χ2n) is 8.32. The zero-order chi connectivity index (χ0) is 20.9. The Labute approximate surface area is 179 Å². The molecule has 1 saturated heterocycles. The van der Waals surface area contributed by atoms with Gasteiger partial charge in [-0.1, -0.05) is 42.5 Å². The Hall–Kier alpha value is -2.60. The summed E-state index contributed by atoms with van der Waals surface area (Å²) in [5.41, 5.74) is 7.08. The van der Waals surface area contributed by atoms with Crippen LogP contribution in [0.5, 0.6) is 0 Å². The minimum atomic E-state index is 0.390. The monoisotopic (exact) mass is 401 g/mol. The number of aromatic nitrogens is 2. The summed E-state index contributed by atoms with van der Waals surface area (Å²) in [5, 5.41) is 1.98. The lowest BCUT2D eigenvalue weighted by molar-refractivity contribution is 0.0978. The van der Waals surface area contributed by atoms with E-state index in [1.54, 1.807) is 0 Å². The summed E-state index contributed by atoms with van der Waals surface area (Å²) in [4.78, 5) is 11.8. The molecule has 5 heteroatoms. The van der Waals surface area contributed by atoms with Gasteiger partial charge in [-0.3, -0.25) is 20.7 Å². The first-order valence-electron chi connectivity index (χ1n) is 10.8. The Balaban J connectivity index is 1.35. The highest BCUT2D eigenvalue weighted by Crippen LogP contribution is 2.25. The van der Waals surface area contributed by atoms with Crippen molar-refractivity contribution in [2.24, 2.45) is 5.84 Å². The van der Waals surface area contributed by atoms with Gasteiger partial charge in [-0.05, 0) is 49.4 Å². The highest BCUT2D eigenvalue weighted by molar-refractivity contribution is 5.65. The molecule has 0 bridgehead atoms. The van der Waals surface area contributed by atoms with Crippen LogP contribution < -0.4 is 5.84 Å². The molecule has 0 unspecified atom stereocenters. The van der Waals surface area contributed by atoms with Gasteiger partial charge in [0.2, 0.25) is 0 Å². The predicted molar refractivity (Wildman–Crippen MR) is 121 cm³/mol. The van der Waals surface area contributed by atoms with Gasteiger partial charge in [-0.25, -0.2) is 5.01 Å². The third-order valence-corrected chi connectivity index (χ3v) is 6.03. The molecule has 0 saturated carbocycles. The van der Waals surface area contributed by atoms with Gasteiger partial charge in [0.1, 0.15) is 0 Å². The van der Waals surface area contributed by atoms with Crippen LogP contribution in [0.15, 0.2) is 60.9 Å². The molecule has 0 spiro atoms. The van der Waals surface area contributed by atoms with Crippen molar-refractivity contribution in [1.29, 1.82) is 0 Å². The third-order valence-electron chi connectivity index (χ3n) is 6.03. The Kier molecular flexibility index (Phi) is 6.53. The van der Waals surface area contributed by atoms with Crippen LogP contribution in [0.3, 0.4) is 0 Å². The van der Waals surface area contributed by atoms with Gasteiger partial charge in [-0.2, -0.15) is 0 Å². The summed E-state index contributed by atoms with van der Waals surface area (Å²) in [6.07, 6.45) is 5.95. The standard InChI is InChI=1S/C25H31N5/c1-19-15-20(2)24(28-16-19)18-30(26)22-10-13-29(14-11-22)17-25-23(9-6-12-27-25)21-7-4-3-5-8-21/h3-9,12,15-16,22H,10-11,13-14,17-18,26H2,1-2H3. The van der Waals surface area contributed by atoms with E-state index in [4.69, 9.17) is 10.8 Å². The molecule has 0 radical (unpaired) electrons. The maximum Gasteiger partial charge on any atom is 0.0622 e. The van der Waals surface area contributed by atoms with Crippen molar-refractivity contribution in [3.63, 3.8) is 0 Å². The number of nitrogens with two attached hydrogens (primary N) is 1. The Bertz CT molecular complexity index is 964. The first-order valence-corrected chi connectivity index (χ1v) is 10.8. The number of hydrogen-bond donors (Lipinski definition) is 1. The molecule has 2 N–H and O–H groups in total. The van der Waals surface area contributed by atoms with Crippen molar-refractivity contribution < 1.29 is 0 Å². The first kappa shape index (κ1) is 20.7. The van der Waals surface area contributed by atoms with Gasteiger partial charge >= 0.3 is 0 Å². The Morgan fingerprint density at radius 2 is 1.77 bits per heavy atom. The molecule has 1 aliphatic rings. The highest BCUT2D eigenvalue weighted by atomic mass is 15.4. The number of rotatable bonds is 6. The number of likely N-dealkylation sites (tertiary alicyclic amines) is 1. The number of hydrogen-bond acceptors (Lipinski definition) is 5. The van der Waals surface area contributed by atoms with Crippen LogP contribution in [0, 0.1) is 13.8 Å². The van der Waals surface area contributed by atoms with Crippen molar-refractivity contribution in [2.75, 3.05) is 13.1 Å². The lowest BCUT2D eigenvalue weighted by Gasteiger charge is -2.36. The van der Waals surface area contributed by atoms with E-state index in [1.165, 1.54) is 22.3 Å². The van der Waals surface area contributed by atoms with E-state index in [0.29, 0.717) is 12.6 Å². The summed E-state index contributed by atoms with van der Waals surface area (Å²) in [5.74, 6) is 6.45. The number of benzene rings is 1. The van der Waals surface area contributed by atoms with Crippen LogP contribution in [0.25, 0.3) is 11.1 Å². The van der Waals surface area contributed by atoms with Gasteiger partial charge < -0.3 is 0 Å². The number of piperidine rings is 1. The predicted octanol–water partition coefficient (Wildman–Crippen LogP) is 4.10. The summed E-state index contributed by atoms with van der Waals surface area (Å²) in [7, 11) is 0. The SMILES string of the molecule is Cc1cnc(CN(N)C2CCN(Cc3ncccc3-c3ccccc3)CC2)c(C)c1. The van der Waals surface area contributed by atoms with Crippen molar-refractivity contribution in [1.82, 2.24) is 19.9 Å². The van der Waals surface area contributed by atoms with E-state index >= 15 is 0 Å². The van der Waals surface area contributed by atoms with E-state index in [0.717, 1.165) is 43.9 Å². The molecule has 0 aliphatic carbocycles. The maximum atomic E-state index is 6.45. The fraction of sp³-hybridized carbons (Fsp3) is 0.360. The molecule has 2 aromatic heterocycles. The van der Waals surface area contributed by atoms with Crippen molar-refractivity contribution in [3.05, 3.63) is 83.4 Å². The van der Waals surface area contributed by atoms with Crippen LogP contribution in [0.4, 0.5) is 0 Å². The molecular formula is C25H31N5. The first-order chi connectivity index (χ1) is 14.6. The number of aryl methyl sites for hydroxylation is 2. The largest absolute Gasteiger partial charge is 0.297 e. The molecule has 4 rings (SSSR count). The number of pyridine rings is 2. The highest BCUT2D eigenvalue weighted by Gasteiger charge is 2.24. The zero-order valence-electron chi connectivity index (χ0n) is 18.0. The van der Waals surface area contributed by atoms with E-state index in [9.17, 15) is 0 Å². The number of hydrazine groups is 1. The molecule has 3 heterocycles. The molecule has 1 aliphatic heterocycles. The smallest absolute Gasteiger partial charge is 0.0622 e. The van der Waals surface area contributed by atoms with E-state index < -0.39 is 0 Å². The van der Waals surface area contributed by atoms with E-state index in [2.05, 4.69) is 66.2 Å².